The van der Waals surface area contributed by atoms with Crippen molar-refractivity contribution in [3.8, 4) is 5.75 Å². The lowest BCUT2D eigenvalue weighted by Gasteiger charge is -2.13. The number of ether oxygens (including phenoxy) is 1. The van der Waals surface area contributed by atoms with E-state index in [-0.39, 0.29) is 4.83 Å². The van der Waals surface area contributed by atoms with Crippen molar-refractivity contribution in [2.45, 2.75) is 11.8 Å². The molecule has 0 radical (unpaired) electrons. The van der Waals surface area contributed by atoms with Gasteiger partial charge in [-0.15, -0.1) is 0 Å². The lowest BCUT2D eigenvalue weighted by molar-refractivity contribution is 0.340. The summed E-state index contributed by atoms with van der Waals surface area (Å²) in [6.45, 7) is 2.68. The van der Waals surface area contributed by atoms with Gasteiger partial charge in [0.2, 0.25) is 0 Å². The molecule has 2 aromatic rings. The van der Waals surface area contributed by atoms with E-state index in [9.17, 15) is 0 Å². The molecule has 0 aliphatic heterocycles. The second kappa shape index (κ2) is 6.91. The largest absolute Gasteiger partial charge is 0.494 e. The Morgan fingerprint density at radius 1 is 0.947 bits per heavy atom. The Balaban J connectivity index is 2.25. The van der Waals surface area contributed by atoms with Crippen LogP contribution < -0.4 is 4.74 Å². The van der Waals surface area contributed by atoms with E-state index in [1.807, 2.05) is 25.1 Å². The third-order valence-electron chi connectivity index (χ3n) is 2.66. The average molecular weight is 449 g/mol. The maximum absolute atomic E-state index is 5.45. The minimum absolute atomic E-state index is 0.164. The van der Waals surface area contributed by atoms with Crippen molar-refractivity contribution in [2.75, 3.05) is 6.61 Å². The van der Waals surface area contributed by atoms with E-state index >= 15 is 0 Å². The highest BCUT2D eigenvalue weighted by molar-refractivity contribution is 9.11. The van der Waals surface area contributed by atoms with Crippen LogP contribution in [0.2, 0.25) is 0 Å². The van der Waals surface area contributed by atoms with Gasteiger partial charge in [0, 0.05) is 8.95 Å². The first-order valence-electron chi connectivity index (χ1n) is 5.93. The van der Waals surface area contributed by atoms with Crippen LogP contribution in [0.4, 0.5) is 0 Å². The van der Waals surface area contributed by atoms with Gasteiger partial charge in [-0.3, -0.25) is 0 Å². The summed E-state index contributed by atoms with van der Waals surface area (Å²) in [6, 6.07) is 14.4. The first kappa shape index (κ1) is 15.1. The summed E-state index contributed by atoms with van der Waals surface area (Å²) in [4.78, 5) is 0.164. The molecule has 0 saturated carbocycles. The highest BCUT2D eigenvalue weighted by atomic mass is 79.9. The molecule has 0 heterocycles. The Bertz CT molecular complexity index is 532. The molecule has 0 fully saturated rings. The van der Waals surface area contributed by atoms with Gasteiger partial charge in [0.05, 0.1) is 11.4 Å². The molecule has 0 aromatic heterocycles. The number of benzene rings is 2. The SMILES string of the molecule is CCOc1ccc(C(Br)c2cc(Br)cc(Br)c2)cc1. The maximum Gasteiger partial charge on any atom is 0.119 e. The minimum Gasteiger partial charge on any atom is -0.494 e. The molecule has 4 heteroatoms. The molecule has 1 unspecified atom stereocenters. The first-order chi connectivity index (χ1) is 9.10. The molecule has 1 nitrogen and oxygen atoms in total. The summed E-state index contributed by atoms with van der Waals surface area (Å²) >= 11 is 10.8. The first-order valence-corrected chi connectivity index (χ1v) is 8.43. The number of halogens is 3. The highest BCUT2D eigenvalue weighted by Gasteiger charge is 2.11. The standard InChI is InChI=1S/C15H13Br3O/c1-2-19-14-5-3-10(4-6-14)15(18)11-7-12(16)9-13(17)8-11/h3-9,15H,2H2,1H3. The summed E-state index contributed by atoms with van der Waals surface area (Å²) in [6.07, 6.45) is 0. The van der Waals surface area contributed by atoms with Gasteiger partial charge in [-0.05, 0) is 48.4 Å². The van der Waals surface area contributed by atoms with Crippen LogP contribution in [-0.2, 0) is 0 Å². The normalized spacial score (nSPS) is 12.2. The fraction of sp³-hybridized carbons (Fsp3) is 0.200. The van der Waals surface area contributed by atoms with Crippen LogP contribution in [-0.4, -0.2) is 6.61 Å². The van der Waals surface area contributed by atoms with Crippen LogP contribution in [0.3, 0.4) is 0 Å². The maximum atomic E-state index is 5.45. The van der Waals surface area contributed by atoms with Crippen molar-refractivity contribution in [3.05, 3.63) is 62.5 Å². The highest BCUT2D eigenvalue weighted by Crippen LogP contribution is 2.34. The summed E-state index contributed by atoms with van der Waals surface area (Å²) in [5.74, 6) is 0.904. The zero-order chi connectivity index (χ0) is 13.8. The summed E-state index contributed by atoms with van der Waals surface area (Å²) in [7, 11) is 0. The van der Waals surface area contributed by atoms with E-state index in [0.29, 0.717) is 6.61 Å². The van der Waals surface area contributed by atoms with Crippen molar-refractivity contribution in [1.82, 2.24) is 0 Å². The Morgan fingerprint density at radius 3 is 2.05 bits per heavy atom. The monoisotopic (exact) mass is 446 g/mol. The fourth-order valence-corrected chi connectivity index (χ4v) is 3.71. The van der Waals surface area contributed by atoms with Gasteiger partial charge < -0.3 is 4.74 Å². The molecule has 0 N–H and O–H groups in total. The van der Waals surface area contributed by atoms with Crippen LogP contribution >= 0.6 is 47.8 Å². The number of rotatable bonds is 4. The van der Waals surface area contributed by atoms with Gasteiger partial charge in [0.15, 0.2) is 0 Å². The van der Waals surface area contributed by atoms with Crippen LogP contribution in [0.15, 0.2) is 51.4 Å². The summed E-state index contributed by atoms with van der Waals surface area (Å²) in [5, 5.41) is 0. The van der Waals surface area contributed by atoms with E-state index in [1.54, 1.807) is 0 Å². The third kappa shape index (κ3) is 4.07. The molecule has 0 aliphatic rings. The smallest absolute Gasteiger partial charge is 0.119 e. The average Bonchev–Trinajstić information content (AvgIpc) is 2.38. The molecule has 100 valence electrons. The molecule has 1 atom stereocenters. The Morgan fingerprint density at radius 2 is 1.53 bits per heavy atom. The molecule has 0 spiro atoms. The van der Waals surface area contributed by atoms with Crippen molar-refractivity contribution in [1.29, 1.82) is 0 Å². The number of alkyl halides is 1. The second-order valence-electron chi connectivity index (χ2n) is 4.07. The Kier molecular flexibility index (Phi) is 5.48. The van der Waals surface area contributed by atoms with Crippen LogP contribution in [0.25, 0.3) is 0 Å². The fourth-order valence-electron chi connectivity index (χ4n) is 1.81. The van der Waals surface area contributed by atoms with Gasteiger partial charge in [0.1, 0.15) is 5.75 Å². The van der Waals surface area contributed by atoms with Crippen LogP contribution in [0.5, 0.6) is 5.75 Å². The zero-order valence-corrected chi connectivity index (χ0v) is 15.1. The van der Waals surface area contributed by atoms with E-state index < -0.39 is 0 Å². The minimum atomic E-state index is 0.164. The molecular weight excluding hydrogens is 436 g/mol. The topological polar surface area (TPSA) is 9.23 Å². The van der Waals surface area contributed by atoms with Gasteiger partial charge >= 0.3 is 0 Å². The molecular formula is C15H13Br3O. The predicted molar refractivity (Wildman–Crippen MR) is 90.2 cm³/mol. The number of hydrogen-bond donors (Lipinski definition) is 0. The third-order valence-corrected chi connectivity index (χ3v) is 4.63. The Hall–Kier alpha value is -0.320. The molecule has 0 amide bonds. The molecule has 0 aliphatic carbocycles. The van der Waals surface area contributed by atoms with Gasteiger partial charge in [-0.25, -0.2) is 0 Å². The van der Waals surface area contributed by atoms with Crippen molar-refractivity contribution in [2.24, 2.45) is 0 Å². The van der Waals surface area contributed by atoms with E-state index in [4.69, 9.17) is 4.74 Å². The van der Waals surface area contributed by atoms with Crippen molar-refractivity contribution in [3.63, 3.8) is 0 Å². The molecule has 0 saturated heterocycles. The summed E-state index contributed by atoms with van der Waals surface area (Å²) in [5.41, 5.74) is 2.40. The molecule has 0 bridgehead atoms. The second-order valence-corrected chi connectivity index (χ2v) is 6.81. The van der Waals surface area contributed by atoms with Crippen LogP contribution in [0.1, 0.15) is 22.9 Å². The predicted octanol–water partition coefficient (Wildman–Crippen LogP) is 6.09. The molecule has 19 heavy (non-hydrogen) atoms. The quantitative estimate of drug-likeness (QED) is 0.514. The molecule has 2 rings (SSSR count). The number of hydrogen-bond acceptors (Lipinski definition) is 1. The lowest BCUT2D eigenvalue weighted by atomic mass is 10.0. The Labute approximate surface area is 138 Å². The van der Waals surface area contributed by atoms with Crippen molar-refractivity contribution < 1.29 is 4.74 Å². The van der Waals surface area contributed by atoms with Gasteiger partial charge in [-0.1, -0.05) is 59.9 Å². The van der Waals surface area contributed by atoms with Gasteiger partial charge in [-0.2, -0.15) is 0 Å². The molecule has 2 aromatic carbocycles. The van der Waals surface area contributed by atoms with E-state index in [2.05, 4.69) is 72.1 Å². The lowest BCUT2D eigenvalue weighted by Crippen LogP contribution is -1.95. The van der Waals surface area contributed by atoms with E-state index in [1.165, 1.54) is 11.1 Å². The van der Waals surface area contributed by atoms with Crippen molar-refractivity contribution >= 4 is 47.8 Å². The van der Waals surface area contributed by atoms with Gasteiger partial charge in [0.25, 0.3) is 0 Å². The van der Waals surface area contributed by atoms with Crippen LogP contribution in [0, 0.1) is 0 Å². The summed E-state index contributed by atoms with van der Waals surface area (Å²) < 4.78 is 7.58. The van der Waals surface area contributed by atoms with E-state index in [0.717, 1.165) is 14.7 Å². The zero-order valence-electron chi connectivity index (χ0n) is 10.4.